The van der Waals surface area contributed by atoms with Crippen molar-refractivity contribution in [2.45, 2.75) is 6.92 Å². The van der Waals surface area contributed by atoms with Gasteiger partial charge in [0.15, 0.2) is 0 Å². The topological polar surface area (TPSA) is 27.3 Å². The molecule has 0 saturated carbocycles. The van der Waals surface area contributed by atoms with Gasteiger partial charge >= 0.3 is 0 Å². The Morgan fingerprint density at radius 2 is 2.12 bits per heavy atom. The summed E-state index contributed by atoms with van der Waals surface area (Å²) in [5, 5.41) is 6.37. The molecular formula is C12H18FN3. The van der Waals surface area contributed by atoms with E-state index in [0.717, 1.165) is 38.4 Å². The van der Waals surface area contributed by atoms with Crippen LogP contribution in [0.4, 0.5) is 15.8 Å². The highest BCUT2D eigenvalue weighted by Gasteiger charge is 2.14. The lowest BCUT2D eigenvalue weighted by atomic mass is 10.2. The Bertz CT molecular complexity index is 348. The molecule has 1 aliphatic rings. The second-order valence-electron chi connectivity index (χ2n) is 3.93. The largest absolute Gasteiger partial charge is 0.385 e. The number of hydrogen-bond acceptors (Lipinski definition) is 3. The summed E-state index contributed by atoms with van der Waals surface area (Å²) < 4.78 is 13.9. The first-order chi connectivity index (χ1) is 7.81. The van der Waals surface area contributed by atoms with Gasteiger partial charge in [0, 0.05) is 38.4 Å². The minimum absolute atomic E-state index is 0.139. The van der Waals surface area contributed by atoms with E-state index in [-0.39, 0.29) is 5.82 Å². The first-order valence-electron chi connectivity index (χ1n) is 5.80. The van der Waals surface area contributed by atoms with Crippen LogP contribution in [0.3, 0.4) is 0 Å². The van der Waals surface area contributed by atoms with Gasteiger partial charge in [-0.15, -0.1) is 0 Å². The highest BCUT2D eigenvalue weighted by molar-refractivity contribution is 5.56. The zero-order valence-electron chi connectivity index (χ0n) is 9.59. The quantitative estimate of drug-likeness (QED) is 0.816. The van der Waals surface area contributed by atoms with Crippen LogP contribution in [0.25, 0.3) is 0 Å². The van der Waals surface area contributed by atoms with Gasteiger partial charge in [-0.05, 0) is 25.1 Å². The van der Waals surface area contributed by atoms with E-state index < -0.39 is 0 Å². The fraction of sp³-hybridized carbons (Fsp3) is 0.500. The number of piperazine rings is 1. The SMILES string of the molecule is CCNc1ccc(N2CCNCC2)c(F)c1. The molecule has 0 radical (unpaired) electrons. The van der Waals surface area contributed by atoms with Crippen molar-refractivity contribution in [3.8, 4) is 0 Å². The van der Waals surface area contributed by atoms with Crippen LogP contribution in [0, 0.1) is 5.82 Å². The maximum absolute atomic E-state index is 13.9. The van der Waals surface area contributed by atoms with Crippen LogP contribution in [0.15, 0.2) is 18.2 Å². The molecule has 1 aromatic rings. The number of hydrogen-bond donors (Lipinski definition) is 2. The van der Waals surface area contributed by atoms with Gasteiger partial charge in [0.1, 0.15) is 5.82 Å². The van der Waals surface area contributed by atoms with E-state index in [4.69, 9.17) is 0 Å². The van der Waals surface area contributed by atoms with Crippen molar-refractivity contribution in [2.24, 2.45) is 0 Å². The number of anilines is 2. The maximum atomic E-state index is 13.9. The van der Waals surface area contributed by atoms with E-state index in [2.05, 4.69) is 15.5 Å². The van der Waals surface area contributed by atoms with E-state index in [1.807, 2.05) is 19.1 Å². The zero-order valence-corrected chi connectivity index (χ0v) is 9.59. The molecule has 0 spiro atoms. The normalized spacial score (nSPS) is 16.2. The Balaban J connectivity index is 2.14. The summed E-state index contributed by atoms with van der Waals surface area (Å²) >= 11 is 0. The fourth-order valence-electron chi connectivity index (χ4n) is 1.98. The van der Waals surface area contributed by atoms with Gasteiger partial charge < -0.3 is 15.5 Å². The van der Waals surface area contributed by atoms with E-state index in [0.29, 0.717) is 5.69 Å². The number of rotatable bonds is 3. The van der Waals surface area contributed by atoms with Gasteiger partial charge in [0.2, 0.25) is 0 Å². The number of benzene rings is 1. The molecule has 1 saturated heterocycles. The first kappa shape index (κ1) is 11.2. The van der Waals surface area contributed by atoms with E-state index in [1.165, 1.54) is 0 Å². The predicted octanol–water partition coefficient (Wildman–Crippen LogP) is 1.67. The van der Waals surface area contributed by atoms with Crippen molar-refractivity contribution >= 4 is 11.4 Å². The summed E-state index contributed by atoms with van der Waals surface area (Å²) in [4.78, 5) is 2.08. The van der Waals surface area contributed by atoms with Crippen LogP contribution in [0.1, 0.15) is 6.92 Å². The van der Waals surface area contributed by atoms with Gasteiger partial charge in [-0.25, -0.2) is 4.39 Å². The van der Waals surface area contributed by atoms with Crippen molar-refractivity contribution in [3.05, 3.63) is 24.0 Å². The van der Waals surface area contributed by atoms with Gasteiger partial charge in [-0.2, -0.15) is 0 Å². The predicted molar refractivity (Wildman–Crippen MR) is 65.6 cm³/mol. The van der Waals surface area contributed by atoms with E-state index >= 15 is 0 Å². The lowest BCUT2D eigenvalue weighted by Gasteiger charge is -2.29. The lowest BCUT2D eigenvalue weighted by Crippen LogP contribution is -2.43. The van der Waals surface area contributed by atoms with Crippen molar-refractivity contribution in [3.63, 3.8) is 0 Å². The molecule has 4 heteroatoms. The van der Waals surface area contributed by atoms with Crippen LogP contribution < -0.4 is 15.5 Å². The average molecular weight is 223 g/mol. The Morgan fingerprint density at radius 1 is 1.38 bits per heavy atom. The molecule has 1 fully saturated rings. The van der Waals surface area contributed by atoms with Crippen molar-refractivity contribution < 1.29 is 4.39 Å². The summed E-state index contributed by atoms with van der Waals surface area (Å²) in [5.41, 5.74) is 1.56. The fourth-order valence-corrected chi connectivity index (χ4v) is 1.98. The molecule has 2 N–H and O–H groups in total. The third-order valence-corrected chi connectivity index (χ3v) is 2.79. The van der Waals surface area contributed by atoms with E-state index in [9.17, 15) is 4.39 Å². The molecule has 0 bridgehead atoms. The summed E-state index contributed by atoms with van der Waals surface area (Å²) in [7, 11) is 0. The summed E-state index contributed by atoms with van der Waals surface area (Å²) in [6.45, 7) is 6.41. The van der Waals surface area contributed by atoms with Gasteiger partial charge in [0.25, 0.3) is 0 Å². The number of nitrogens with zero attached hydrogens (tertiary/aromatic N) is 1. The lowest BCUT2D eigenvalue weighted by molar-refractivity contribution is 0.566. The maximum Gasteiger partial charge on any atom is 0.148 e. The second kappa shape index (κ2) is 5.16. The number of nitrogens with one attached hydrogen (secondary N) is 2. The first-order valence-corrected chi connectivity index (χ1v) is 5.80. The Morgan fingerprint density at radius 3 is 2.75 bits per heavy atom. The zero-order chi connectivity index (χ0) is 11.4. The molecular weight excluding hydrogens is 205 g/mol. The van der Waals surface area contributed by atoms with Crippen molar-refractivity contribution in [1.29, 1.82) is 0 Å². The molecule has 1 aliphatic heterocycles. The van der Waals surface area contributed by atoms with Crippen molar-refractivity contribution in [1.82, 2.24) is 5.32 Å². The minimum Gasteiger partial charge on any atom is -0.385 e. The molecule has 3 nitrogen and oxygen atoms in total. The molecule has 1 aromatic carbocycles. The van der Waals surface area contributed by atoms with Crippen LogP contribution in [0.2, 0.25) is 0 Å². The molecule has 0 aromatic heterocycles. The molecule has 0 unspecified atom stereocenters. The smallest absolute Gasteiger partial charge is 0.148 e. The third kappa shape index (κ3) is 2.44. The van der Waals surface area contributed by atoms with E-state index in [1.54, 1.807) is 6.07 Å². The highest BCUT2D eigenvalue weighted by atomic mass is 19.1. The molecule has 0 amide bonds. The molecule has 0 atom stereocenters. The molecule has 1 heterocycles. The Hall–Kier alpha value is -1.29. The molecule has 2 rings (SSSR count). The Labute approximate surface area is 95.6 Å². The van der Waals surface area contributed by atoms with Crippen LogP contribution in [-0.2, 0) is 0 Å². The summed E-state index contributed by atoms with van der Waals surface area (Å²) in [6.07, 6.45) is 0. The van der Waals surface area contributed by atoms with Crippen LogP contribution in [0.5, 0.6) is 0 Å². The highest BCUT2D eigenvalue weighted by Crippen LogP contribution is 2.23. The average Bonchev–Trinajstić information content (AvgIpc) is 2.31. The monoisotopic (exact) mass is 223 g/mol. The standard InChI is InChI=1S/C12H18FN3/c1-2-15-10-3-4-12(11(13)9-10)16-7-5-14-6-8-16/h3-4,9,14-15H,2,5-8H2,1H3. The minimum atomic E-state index is -0.139. The number of halogens is 1. The molecule has 16 heavy (non-hydrogen) atoms. The van der Waals surface area contributed by atoms with Gasteiger partial charge in [0.05, 0.1) is 5.69 Å². The van der Waals surface area contributed by atoms with Crippen molar-refractivity contribution in [2.75, 3.05) is 42.9 Å². The van der Waals surface area contributed by atoms with Gasteiger partial charge in [-0.3, -0.25) is 0 Å². The summed E-state index contributed by atoms with van der Waals surface area (Å²) in [6, 6.07) is 5.36. The van der Waals surface area contributed by atoms with Crippen LogP contribution in [-0.4, -0.2) is 32.7 Å². The Kier molecular flexibility index (Phi) is 3.62. The van der Waals surface area contributed by atoms with Gasteiger partial charge in [-0.1, -0.05) is 0 Å². The molecule has 88 valence electrons. The van der Waals surface area contributed by atoms with Crippen LogP contribution >= 0.6 is 0 Å². The molecule has 0 aliphatic carbocycles. The second-order valence-corrected chi connectivity index (χ2v) is 3.93. The summed E-state index contributed by atoms with van der Waals surface area (Å²) in [5.74, 6) is -0.139. The third-order valence-electron chi connectivity index (χ3n) is 2.79.